The van der Waals surface area contributed by atoms with E-state index < -0.39 is 11.4 Å². The van der Waals surface area contributed by atoms with Gasteiger partial charge in [0.05, 0.1) is 5.41 Å². The van der Waals surface area contributed by atoms with E-state index in [2.05, 4.69) is 41.4 Å². The summed E-state index contributed by atoms with van der Waals surface area (Å²) in [4.78, 5) is 28.8. The molecule has 1 aromatic carbocycles. The lowest BCUT2D eigenvalue weighted by molar-refractivity contribution is -0.149. The highest BCUT2D eigenvalue weighted by atomic mass is 16.4. The molecule has 1 saturated carbocycles. The van der Waals surface area contributed by atoms with Gasteiger partial charge in [-0.15, -0.1) is 0 Å². The fourth-order valence-corrected chi connectivity index (χ4v) is 5.46. The van der Waals surface area contributed by atoms with Crippen molar-refractivity contribution in [2.24, 2.45) is 11.3 Å². The summed E-state index contributed by atoms with van der Waals surface area (Å²) in [5.41, 5.74) is 0.614. The first-order valence-corrected chi connectivity index (χ1v) is 10.5. The van der Waals surface area contributed by atoms with Crippen LogP contribution in [0.15, 0.2) is 30.3 Å². The molecule has 6 nitrogen and oxygen atoms in total. The molecule has 0 bridgehead atoms. The van der Waals surface area contributed by atoms with Gasteiger partial charge < -0.3 is 15.3 Å². The van der Waals surface area contributed by atoms with Gasteiger partial charge in [-0.05, 0) is 44.1 Å². The first kappa shape index (κ1) is 19.2. The predicted octanol–water partition coefficient (Wildman–Crippen LogP) is 2.94. The number of fused-ring (bicyclic) bond motifs is 1. The number of aliphatic carboxylic acids is 1. The predicted molar refractivity (Wildman–Crippen MR) is 107 cm³/mol. The Labute approximate surface area is 166 Å². The zero-order valence-electron chi connectivity index (χ0n) is 16.6. The summed E-state index contributed by atoms with van der Waals surface area (Å²) in [5, 5.41) is 12.9. The van der Waals surface area contributed by atoms with Crippen molar-refractivity contribution < 1.29 is 14.7 Å². The minimum Gasteiger partial charge on any atom is -0.481 e. The van der Waals surface area contributed by atoms with E-state index in [9.17, 15) is 14.7 Å². The molecule has 2 heterocycles. The summed E-state index contributed by atoms with van der Waals surface area (Å²) in [7, 11) is 0. The average molecular weight is 386 g/mol. The maximum atomic E-state index is 12.8. The van der Waals surface area contributed by atoms with Crippen LogP contribution in [0.25, 0.3) is 0 Å². The van der Waals surface area contributed by atoms with Crippen LogP contribution in [0.3, 0.4) is 0 Å². The molecule has 4 atom stereocenters. The average Bonchev–Trinajstić information content (AvgIpc) is 3.23. The second kappa shape index (κ2) is 7.74. The number of rotatable bonds is 4. The quantitative estimate of drug-likeness (QED) is 0.836. The third kappa shape index (κ3) is 3.62. The fourth-order valence-electron chi connectivity index (χ4n) is 5.46. The van der Waals surface area contributed by atoms with Crippen LogP contribution in [0.5, 0.6) is 0 Å². The smallest absolute Gasteiger partial charge is 0.317 e. The van der Waals surface area contributed by atoms with E-state index in [0.717, 1.165) is 38.8 Å². The molecule has 0 radical (unpaired) electrons. The van der Waals surface area contributed by atoms with E-state index in [4.69, 9.17) is 0 Å². The molecule has 2 saturated heterocycles. The third-order valence-corrected chi connectivity index (χ3v) is 7.15. The van der Waals surface area contributed by atoms with Crippen LogP contribution in [0, 0.1) is 11.3 Å². The third-order valence-electron chi connectivity index (χ3n) is 7.15. The van der Waals surface area contributed by atoms with Gasteiger partial charge in [0, 0.05) is 38.3 Å². The number of carbonyl (C=O) groups is 2. The van der Waals surface area contributed by atoms with E-state index in [-0.39, 0.29) is 18.0 Å². The Balaban J connectivity index is 1.30. The van der Waals surface area contributed by atoms with Crippen molar-refractivity contribution in [1.29, 1.82) is 0 Å². The molecule has 28 heavy (non-hydrogen) atoms. The lowest BCUT2D eigenvalue weighted by atomic mass is 9.81. The molecule has 2 N–H and O–H groups in total. The molecule has 4 rings (SSSR count). The summed E-state index contributed by atoms with van der Waals surface area (Å²) in [5.74, 6) is -0.615. The Kier molecular flexibility index (Phi) is 5.32. The molecule has 0 spiro atoms. The van der Waals surface area contributed by atoms with Crippen molar-refractivity contribution >= 4 is 12.0 Å². The fraction of sp³-hybridized carbons (Fsp3) is 0.636. The summed E-state index contributed by atoms with van der Waals surface area (Å²) in [6.45, 7) is 5.07. The number of carboxylic acids is 1. The number of hydrogen-bond acceptors (Lipinski definition) is 3. The Morgan fingerprint density at radius 3 is 2.71 bits per heavy atom. The van der Waals surface area contributed by atoms with E-state index in [1.165, 1.54) is 5.56 Å². The highest BCUT2D eigenvalue weighted by molar-refractivity contribution is 5.80. The number of nitrogens with zero attached hydrogens (tertiary/aromatic N) is 2. The molecule has 1 aromatic rings. The topological polar surface area (TPSA) is 72.9 Å². The van der Waals surface area contributed by atoms with E-state index in [1.54, 1.807) is 4.90 Å². The van der Waals surface area contributed by atoms with Gasteiger partial charge in [-0.1, -0.05) is 36.8 Å². The number of carboxylic acid groups (broad SMARTS) is 1. The van der Waals surface area contributed by atoms with Crippen molar-refractivity contribution in [2.75, 3.05) is 19.6 Å². The van der Waals surface area contributed by atoms with Crippen LogP contribution >= 0.6 is 0 Å². The SMILES string of the molecule is CC1CC(NC(=O)N2C[C@@H]3CCC[C@@]3(C(=O)O)C2)CCN1Cc1ccccc1. The molecule has 1 aliphatic carbocycles. The molecule has 2 unspecified atom stereocenters. The number of hydrogen-bond donors (Lipinski definition) is 2. The number of amides is 2. The zero-order chi connectivity index (χ0) is 19.7. The molecule has 3 aliphatic rings. The molecule has 0 aromatic heterocycles. The number of nitrogens with one attached hydrogen (secondary N) is 1. The Morgan fingerprint density at radius 1 is 1.25 bits per heavy atom. The first-order chi connectivity index (χ1) is 13.5. The van der Waals surface area contributed by atoms with Crippen molar-refractivity contribution in [3.8, 4) is 0 Å². The lowest BCUT2D eigenvalue weighted by Crippen LogP contribution is -2.51. The van der Waals surface area contributed by atoms with Gasteiger partial charge in [-0.2, -0.15) is 0 Å². The largest absolute Gasteiger partial charge is 0.481 e. The van der Waals surface area contributed by atoms with Gasteiger partial charge in [0.2, 0.25) is 0 Å². The van der Waals surface area contributed by atoms with Crippen molar-refractivity contribution in [3.63, 3.8) is 0 Å². The van der Waals surface area contributed by atoms with E-state index in [0.29, 0.717) is 25.6 Å². The molecule has 2 amide bonds. The number of piperidine rings is 1. The van der Waals surface area contributed by atoms with Crippen LogP contribution in [-0.4, -0.2) is 58.6 Å². The Morgan fingerprint density at radius 2 is 2.04 bits per heavy atom. The van der Waals surface area contributed by atoms with E-state index >= 15 is 0 Å². The van der Waals surface area contributed by atoms with Crippen molar-refractivity contribution in [2.45, 2.75) is 57.7 Å². The summed E-state index contributed by atoms with van der Waals surface area (Å²) >= 11 is 0. The normalized spacial score (nSPS) is 32.9. The molecular weight excluding hydrogens is 354 g/mol. The second-order valence-corrected chi connectivity index (χ2v) is 8.91. The highest BCUT2D eigenvalue weighted by Crippen LogP contribution is 2.48. The Hall–Kier alpha value is -2.08. The summed E-state index contributed by atoms with van der Waals surface area (Å²) in [6.07, 6.45) is 4.45. The van der Waals surface area contributed by atoms with Gasteiger partial charge in [-0.3, -0.25) is 9.69 Å². The number of benzene rings is 1. The number of carbonyl (C=O) groups excluding carboxylic acids is 1. The van der Waals surface area contributed by atoms with Gasteiger partial charge in [0.25, 0.3) is 0 Å². The molecular formula is C22H31N3O3. The zero-order valence-corrected chi connectivity index (χ0v) is 16.6. The minimum atomic E-state index is -0.729. The minimum absolute atomic E-state index is 0.0799. The standard InChI is InChI=1S/C22H31N3O3/c1-16-12-19(9-11-24(16)13-17-6-3-2-4-7-17)23-21(28)25-14-18-8-5-10-22(18,15-25)20(26)27/h2-4,6-7,16,18-19H,5,8-15H2,1H3,(H,23,28)(H,26,27)/t16?,18-,19?,22+/m0/s1. The first-order valence-electron chi connectivity index (χ1n) is 10.5. The maximum absolute atomic E-state index is 12.8. The highest BCUT2D eigenvalue weighted by Gasteiger charge is 2.55. The molecule has 2 aliphatic heterocycles. The van der Waals surface area contributed by atoms with Crippen LogP contribution in [0.1, 0.15) is 44.6 Å². The van der Waals surface area contributed by atoms with Crippen LogP contribution in [0.2, 0.25) is 0 Å². The van der Waals surface area contributed by atoms with Crippen molar-refractivity contribution in [3.05, 3.63) is 35.9 Å². The van der Waals surface area contributed by atoms with E-state index in [1.807, 2.05) is 6.07 Å². The molecule has 6 heteroatoms. The van der Waals surface area contributed by atoms with Gasteiger partial charge in [0.1, 0.15) is 0 Å². The van der Waals surface area contributed by atoms with Gasteiger partial charge in [-0.25, -0.2) is 4.79 Å². The lowest BCUT2D eigenvalue weighted by Gasteiger charge is -2.38. The van der Waals surface area contributed by atoms with Gasteiger partial charge in [0.15, 0.2) is 0 Å². The van der Waals surface area contributed by atoms with Crippen LogP contribution in [-0.2, 0) is 11.3 Å². The monoisotopic (exact) mass is 385 g/mol. The van der Waals surface area contributed by atoms with Gasteiger partial charge >= 0.3 is 12.0 Å². The number of urea groups is 1. The van der Waals surface area contributed by atoms with Crippen LogP contribution in [0.4, 0.5) is 4.79 Å². The molecule has 3 fully saturated rings. The van der Waals surface area contributed by atoms with Crippen molar-refractivity contribution in [1.82, 2.24) is 15.1 Å². The Bertz CT molecular complexity index is 725. The summed E-state index contributed by atoms with van der Waals surface area (Å²) < 4.78 is 0. The molecule has 152 valence electrons. The number of likely N-dealkylation sites (tertiary alicyclic amines) is 2. The summed E-state index contributed by atoms with van der Waals surface area (Å²) in [6, 6.07) is 11.0. The maximum Gasteiger partial charge on any atom is 0.317 e. The van der Waals surface area contributed by atoms with Crippen LogP contribution < -0.4 is 5.32 Å². The second-order valence-electron chi connectivity index (χ2n) is 8.91.